The molecule has 6 heteroatoms. The second kappa shape index (κ2) is 6.30. The average molecular weight is 290 g/mol. The second-order valence-electron chi connectivity index (χ2n) is 4.63. The van der Waals surface area contributed by atoms with Gasteiger partial charge >= 0.3 is 5.97 Å². The predicted octanol–water partition coefficient (Wildman–Crippen LogP) is 2.12. The molecule has 0 aliphatic heterocycles. The molecule has 0 spiro atoms. The molecule has 1 N–H and O–H groups in total. The van der Waals surface area contributed by atoms with Crippen molar-refractivity contribution in [1.82, 2.24) is 9.55 Å². The summed E-state index contributed by atoms with van der Waals surface area (Å²) in [7, 11) is 5.05. The lowest BCUT2D eigenvalue weighted by Crippen LogP contribution is -2.03. The Kier molecular flexibility index (Phi) is 4.47. The van der Waals surface area contributed by atoms with Gasteiger partial charge in [0.1, 0.15) is 17.3 Å². The smallest absolute Gasteiger partial charge is 0.303 e. The molecule has 2 aromatic rings. The number of nitrogens with zero attached hydrogens (tertiary/aromatic N) is 2. The first-order valence-electron chi connectivity index (χ1n) is 6.51. The third-order valence-corrected chi connectivity index (χ3v) is 3.29. The SMILES string of the molecule is COc1cc(OC)cc(-c2ncc(CCC(=O)O)n2C)c1. The Bertz CT molecular complexity index is 627. The van der Waals surface area contributed by atoms with Crippen LogP contribution >= 0.6 is 0 Å². The monoisotopic (exact) mass is 290 g/mol. The summed E-state index contributed by atoms with van der Waals surface area (Å²) >= 11 is 0. The van der Waals surface area contributed by atoms with Crippen LogP contribution in [0.25, 0.3) is 11.4 Å². The van der Waals surface area contributed by atoms with Crippen molar-refractivity contribution >= 4 is 5.97 Å². The van der Waals surface area contributed by atoms with Crippen molar-refractivity contribution in [2.45, 2.75) is 12.8 Å². The fraction of sp³-hybridized carbons (Fsp3) is 0.333. The van der Waals surface area contributed by atoms with E-state index in [4.69, 9.17) is 14.6 Å². The molecule has 0 radical (unpaired) electrons. The number of hydrogen-bond donors (Lipinski definition) is 1. The van der Waals surface area contributed by atoms with Gasteiger partial charge in [0.25, 0.3) is 0 Å². The first kappa shape index (κ1) is 14.9. The van der Waals surface area contributed by atoms with Gasteiger partial charge in [-0.15, -0.1) is 0 Å². The minimum absolute atomic E-state index is 0.0837. The average Bonchev–Trinajstić information content (AvgIpc) is 2.85. The van der Waals surface area contributed by atoms with Gasteiger partial charge in [-0.25, -0.2) is 4.98 Å². The summed E-state index contributed by atoms with van der Waals surface area (Å²) in [5, 5.41) is 8.76. The maximum absolute atomic E-state index is 10.7. The first-order chi connectivity index (χ1) is 10.0. The van der Waals surface area contributed by atoms with Crippen molar-refractivity contribution in [3.05, 3.63) is 30.1 Å². The van der Waals surface area contributed by atoms with Crippen molar-refractivity contribution < 1.29 is 19.4 Å². The number of hydrogen-bond acceptors (Lipinski definition) is 4. The molecule has 0 atom stereocenters. The standard InChI is InChI=1S/C15H18N2O4/c1-17-11(4-5-14(18)19)9-16-15(17)10-6-12(20-2)8-13(7-10)21-3/h6-9H,4-5H2,1-3H3,(H,18,19). The Morgan fingerprint density at radius 2 is 1.86 bits per heavy atom. The number of rotatable bonds is 6. The molecule has 1 aromatic carbocycles. The zero-order valence-corrected chi connectivity index (χ0v) is 12.3. The van der Waals surface area contributed by atoms with Crippen LogP contribution in [0.1, 0.15) is 12.1 Å². The van der Waals surface area contributed by atoms with Gasteiger partial charge in [-0.1, -0.05) is 0 Å². The van der Waals surface area contributed by atoms with Gasteiger partial charge in [0, 0.05) is 30.6 Å². The molecule has 1 aromatic heterocycles. The van der Waals surface area contributed by atoms with Crippen LogP contribution in [0.4, 0.5) is 0 Å². The largest absolute Gasteiger partial charge is 0.497 e. The summed E-state index contributed by atoms with van der Waals surface area (Å²) in [5.74, 6) is 1.28. The highest BCUT2D eigenvalue weighted by molar-refractivity contribution is 5.67. The summed E-state index contributed by atoms with van der Waals surface area (Å²) in [6.07, 6.45) is 2.23. The zero-order valence-electron chi connectivity index (χ0n) is 12.3. The molecule has 0 saturated carbocycles. The van der Waals surface area contributed by atoms with Crippen molar-refractivity contribution in [1.29, 1.82) is 0 Å². The van der Waals surface area contributed by atoms with Crippen molar-refractivity contribution in [3.63, 3.8) is 0 Å². The van der Waals surface area contributed by atoms with E-state index in [0.717, 1.165) is 17.1 Å². The van der Waals surface area contributed by atoms with Gasteiger partial charge in [0.15, 0.2) is 0 Å². The van der Waals surface area contributed by atoms with Crippen LogP contribution in [0.2, 0.25) is 0 Å². The maximum Gasteiger partial charge on any atom is 0.303 e. The van der Waals surface area contributed by atoms with E-state index in [1.165, 1.54) is 0 Å². The minimum Gasteiger partial charge on any atom is -0.497 e. The molecule has 6 nitrogen and oxygen atoms in total. The van der Waals surface area contributed by atoms with Crippen molar-refractivity contribution in [2.75, 3.05) is 14.2 Å². The van der Waals surface area contributed by atoms with E-state index >= 15 is 0 Å². The van der Waals surface area contributed by atoms with Crippen LogP contribution in [0, 0.1) is 0 Å². The highest BCUT2D eigenvalue weighted by atomic mass is 16.5. The molecule has 0 aliphatic rings. The van der Waals surface area contributed by atoms with E-state index in [-0.39, 0.29) is 6.42 Å². The quantitative estimate of drug-likeness (QED) is 0.882. The van der Waals surface area contributed by atoms with Crippen molar-refractivity contribution in [2.24, 2.45) is 7.05 Å². The topological polar surface area (TPSA) is 73.6 Å². The maximum atomic E-state index is 10.7. The molecule has 0 saturated heterocycles. The number of carboxylic acid groups (broad SMARTS) is 1. The Labute approximate surface area is 122 Å². The molecule has 21 heavy (non-hydrogen) atoms. The van der Waals surface area contributed by atoms with E-state index in [1.807, 2.05) is 23.7 Å². The lowest BCUT2D eigenvalue weighted by Gasteiger charge is -2.09. The summed E-state index contributed by atoms with van der Waals surface area (Å²) in [6.45, 7) is 0. The highest BCUT2D eigenvalue weighted by Crippen LogP contribution is 2.29. The van der Waals surface area contributed by atoms with E-state index in [1.54, 1.807) is 26.5 Å². The fourth-order valence-electron chi connectivity index (χ4n) is 2.12. The van der Waals surface area contributed by atoms with Crippen molar-refractivity contribution in [3.8, 4) is 22.9 Å². The number of carboxylic acids is 1. The van der Waals surface area contributed by atoms with E-state index in [2.05, 4.69) is 4.98 Å². The van der Waals surface area contributed by atoms with Crippen LogP contribution in [0.3, 0.4) is 0 Å². The number of imidazole rings is 1. The van der Waals surface area contributed by atoms with Gasteiger partial charge < -0.3 is 19.1 Å². The summed E-state index contributed by atoms with van der Waals surface area (Å²) in [4.78, 5) is 15.0. The summed E-state index contributed by atoms with van der Waals surface area (Å²) in [5.41, 5.74) is 1.73. The fourth-order valence-corrected chi connectivity index (χ4v) is 2.12. The van der Waals surface area contributed by atoms with Crippen LogP contribution in [0.5, 0.6) is 11.5 Å². The van der Waals surface area contributed by atoms with Gasteiger partial charge in [-0.3, -0.25) is 4.79 Å². The first-order valence-corrected chi connectivity index (χ1v) is 6.51. The number of carbonyl (C=O) groups is 1. The number of methoxy groups -OCH3 is 2. The number of aryl methyl sites for hydroxylation is 1. The van der Waals surface area contributed by atoms with Gasteiger partial charge in [-0.05, 0) is 18.6 Å². The minimum atomic E-state index is -0.819. The molecule has 0 bridgehead atoms. The molecule has 0 fully saturated rings. The van der Waals surface area contributed by atoms with Gasteiger partial charge in [0.05, 0.1) is 20.6 Å². The Balaban J connectivity index is 2.36. The number of aromatic nitrogens is 2. The van der Waals surface area contributed by atoms with E-state index in [9.17, 15) is 4.79 Å². The molecule has 0 aliphatic carbocycles. The normalized spacial score (nSPS) is 10.4. The van der Waals surface area contributed by atoms with Crippen LogP contribution in [0.15, 0.2) is 24.4 Å². The second-order valence-corrected chi connectivity index (χ2v) is 4.63. The molecule has 0 unspecified atom stereocenters. The van der Waals surface area contributed by atoms with Gasteiger partial charge in [0.2, 0.25) is 0 Å². The lowest BCUT2D eigenvalue weighted by atomic mass is 10.2. The third kappa shape index (κ3) is 3.34. The molecule has 0 amide bonds. The molecule has 2 rings (SSSR count). The lowest BCUT2D eigenvalue weighted by molar-refractivity contribution is -0.136. The van der Waals surface area contributed by atoms with Crippen LogP contribution < -0.4 is 9.47 Å². The molecular weight excluding hydrogens is 272 g/mol. The number of aliphatic carboxylic acids is 1. The number of ether oxygens (including phenoxy) is 2. The van der Waals surface area contributed by atoms with E-state index < -0.39 is 5.97 Å². The van der Waals surface area contributed by atoms with Gasteiger partial charge in [-0.2, -0.15) is 0 Å². The van der Waals surface area contributed by atoms with Crippen LogP contribution in [-0.4, -0.2) is 34.8 Å². The zero-order chi connectivity index (χ0) is 15.4. The highest BCUT2D eigenvalue weighted by Gasteiger charge is 2.12. The Morgan fingerprint density at radius 1 is 1.24 bits per heavy atom. The Hall–Kier alpha value is -2.50. The summed E-state index contributed by atoms with van der Waals surface area (Å²) in [6, 6.07) is 5.52. The summed E-state index contributed by atoms with van der Waals surface area (Å²) < 4.78 is 12.4. The van der Waals surface area contributed by atoms with Crippen LogP contribution in [-0.2, 0) is 18.3 Å². The molecule has 1 heterocycles. The molecular formula is C15H18N2O4. The number of benzene rings is 1. The van der Waals surface area contributed by atoms with E-state index in [0.29, 0.717) is 17.9 Å². The predicted molar refractivity (Wildman–Crippen MR) is 77.7 cm³/mol. The Morgan fingerprint density at radius 3 is 2.38 bits per heavy atom. The molecule has 112 valence electrons. The third-order valence-electron chi connectivity index (χ3n) is 3.29.